The van der Waals surface area contributed by atoms with Gasteiger partial charge in [0.15, 0.2) is 0 Å². The molecule has 1 atom stereocenters. The fourth-order valence-electron chi connectivity index (χ4n) is 1.94. The SMILES string of the molecule is CCOC(=O)[C@]1(C)NCCc2ccsc21. The summed E-state index contributed by atoms with van der Waals surface area (Å²) in [5.41, 5.74) is 0.631. The van der Waals surface area contributed by atoms with E-state index in [0.29, 0.717) is 6.61 Å². The summed E-state index contributed by atoms with van der Waals surface area (Å²) in [4.78, 5) is 13.0. The van der Waals surface area contributed by atoms with Gasteiger partial charge in [-0.15, -0.1) is 11.3 Å². The molecule has 1 aliphatic heterocycles. The first-order chi connectivity index (χ1) is 7.18. The fraction of sp³-hybridized carbons (Fsp3) is 0.545. The lowest BCUT2D eigenvalue weighted by atomic mass is 9.92. The minimum atomic E-state index is -0.641. The number of carbonyl (C=O) groups excluding carboxylic acids is 1. The molecule has 1 aliphatic rings. The number of hydrogen-bond donors (Lipinski definition) is 1. The van der Waals surface area contributed by atoms with Crippen LogP contribution in [-0.4, -0.2) is 19.1 Å². The van der Waals surface area contributed by atoms with Crippen LogP contribution in [0.15, 0.2) is 11.4 Å². The summed E-state index contributed by atoms with van der Waals surface area (Å²) in [7, 11) is 0. The Morgan fingerprint density at radius 3 is 3.27 bits per heavy atom. The van der Waals surface area contributed by atoms with Gasteiger partial charge in [-0.05, 0) is 37.3 Å². The van der Waals surface area contributed by atoms with Crippen LogP contribution < -0.4 is 5.32 Å². The Kier molecular flexibility index (Phi) is 2.80. The smallest absolute Gasteiger partial charge is 0.331 e. The zero-order valence-corrected chi connectivity index (χ0v) is 9.82. The number of thiophene rings is 1. The van der Waals surface area contributed by atoms with Gasteiger partial charge >= 0.3 is 5.97 Å². The van der Waals surface area contributed by atoms with E-state index < -0.39 is 5.54 Å². The van der Waals surface area contributed by atoms with Crippen LogP contribution >= 0.6 is 11.3 Å². The van der Waals surface area contributed by atoms with Crippen molar-refractivity contribution >= 4 is 17.3 Å². The molecule has 0 unspecified atom stereocenters. The van der Waals surface area contributed by atoms with Crippen molar-refractivity contribution in [2.75, 3.05) is 13.2 Å². The van der Waals surface area contributed by atoms with Crippen molar-refractivity contribution in [1.82, 2.24) is 5.32 Å². The van der Waals surface area contributed by atoms with E-state index in [2.05, 4.69) is 11.4 Å². The molecular weight excluding hydrogens is 210 g/mol. The molecule has 4 heteroatoms. The summed E-state index contributed by atoms with van der Waals surface area (Å²) in [5.74, 6) is -0.173. The van der Waals surface area contributed by atoms with Crippen LogP contribution in [0.3, 0.4) is 0 Å². The molecule has 1 N–H and O–H groups in total. The van der Waals surface area contributed by atoms with E-state index in [1.807, 2.05) is 19.2 Å². The molecule has 2 heterocycles. The van der Waals surface area contributed by atoms with Gasteiger partial charge in [-0.3, -0.25) is 5.32 Å². The molecule has 0 fully saturated rings. The first kappa shape index (κ1) is 10.6. The van der Waals surface area contributed by atoms with Gasteiger partial charge in [-0.2, -0.15) is 0 Å². The Bertz CT molecular complexity index is 374. The Morgan fingerprint density at radius 1 is 1.73 bits per heavy atom. The van der Waals surface area contributed by atoms with Crippen molar-refractivity contribution in [3.63, 3.8) is 0 Å². The normalized spacial score (nSPS) is 24.7. The van der Waals surface area contributed by atoms with Gasteiger partial charge in [0.2, 0.25) is 0 Å². The molecule has 0 spiro atoms. The van der Waals surface area contributed by atoms with E-state index in [-0.39, 0.29) is 5.97 Å². The highest BCUT2D eigenvalue weighted by Gasteiger charge is 2.41. The number of rotatable bonds is 2. The van der Waals surface area contributed by atoms with Crippen LogP contribution in [0, 0.1) is 0 Å². The minimum absolute atomic E-state index is 0.173. The van der Waals surface area contributed by atoms with E-state index in [9.17, 15) is 4.79 Å². The summed E-state index contributed by atoms with van der Waals surface area (Å²) >= 11 is 1.62. The van der Waals surface area contributed by atoms with Crippen LogP contribution in [0.5, 0.6) is 0 Å². The Balaban J connectivity index is 2.34. The van der Waals surface area contributed by atoms with Crippen LogP contribution in [-0.2, 0) is 21.5 Å². The first-order valence-electron chi connectivity index (χ1n) is 5.17. The van der Waals surface area contributed by atoms with E-state index >= 15 is 0 Å². The number of nitrogens with one attached hydrogen (secondary N) is 1. The predicted molar refractivity (Wildman–Crippen MR) is 60.0 cm³/mol. The maximum absolute atomic E-state index is 11.9. The molecule has 2 rings (SSSR count). The largest absolute Gasteiger partial charge is 0.464 e. The minimum Gasteiger partial charge on any atom is -0.464 e. The van der Waals surface area contributed by atoms with Gasteiger partial charge in [0, 0.05) is 11.4 Å². The van der Waals surface area contributed by atoms with Crippen molar-refractivity contribution in [2.45, 2.75) is 25.8 Å². The van der Waals surface area contributed by atoms with Gasteiger partial charge in [-0.25, -0.2) is 4.79 Å². The van der Waals surface area contributed by atoms with Gasteiger partial charge in [0.1, 0.15) is 5.54 Å². The fourth-order valence-corrected chi connectivity index (χ4v) is 3.02. The molecule has 0 amide bonds. The highest BCUT2D eigenvalue weighted by atomic mass is 32.1. The summed E-state index contributed by atoms with van der Waals surface area (Å²) in [5, 5.41) is 5.30. The van der Waals surface area contributed by atoms with Crippen LogP contribution in [0.1, 0.15) is 24.3 Å². The average molecular weight is 225 g/mol. The van der Waals surface area contributed by atoms with Crippen molar-refractivity contribution in [3.05, 3.63) is 21.9 Å². The summed E-state index contributed by atoms with van der Waals surface area (Å²) in [6.45, 7) is 4.99. The Labute approximate surface area is 93.4 Å². The molecule has 1 aromatic rings. The number of ether oxygens (including phenoxy) is 1. The van der Waals surface area contributed by atoms with Crippen molar-refractivity contribution in [1.29, 1.82) is 0 Å². The summed E-state index contributed by atoms with van der Waals surface area (Å²) in [6, 6.07) is 2.10. The summed E-state index contributed by atoms with van der Waals surface area (Å²) in [6.07, 6.45) is 0.994. The van der Waals surface area contributed by atoms with E-state index in [0.717, 1.165) is 17.8 Å². The molecule has 15 heavy (non-hydrogen) atoms. The quantitative estimate of drug-likeness (QED) is 0.778. The molecule has 0 aromatic carbocycles. The third-order valence-corrected chi connectivity index (χ3v) is 3.94. The zero-order valence-electron chi connectivity index (χ0n) is 9.00. The zero-order chi connectivity index (χ0) is 10.9. The molecule has 1 aromatic heterocycles. The molecule has 0 bridgehead atoms. The molecule has 3 nitrogen and oxygen atoms in total. The first-order valence-corrected chi connectivity index (χ1v) is 6.05. The third kappa shape index (κ3) is 1.68. The Hall–Kier alpha value is -0.870. The van der Waals surface area contributed by atoms with E-state index in [1.165, 1.54) is 5.56 Å². The highest BCUT2D eigenvalue weighted by molar-refractivity contribution is 7.10. The van der Waals surface area contributed by atoms with Crippen LogP contribution in [0.2, 0.25) is 0 Å². The van der Waals surface area contributed by atoms with E-state index in [1.54, 1.807) is 11.3 Å². The predicted octanol–water partition coefficient (Wildman–Crippen LogP) is 1.67. The molecule has 0 saturated heterocycles. The highest BCUT2D eigenvalue weighted by Crippen LogP contribution is 2.33. The topological polar surface area (TPSA) is 38.3 Å². The lowest BCUT2D eigenvalue weighted by molar-refractivity contribution is -0.151. The molecule has 0 saturated carbocycles. The lowest BCUT2D eigenvalue weighted by Gasteiger charge is -2.32. The van der Waals surface area contributed by atoms with Crippen molar-refractivity contribution in [3.8, 4) is 0 Å². The number of fused-ring (bicyclic) bond motifs is 1. The average Bonchev–Trinajstić information content (AvgIpc) is 2.68. The van der Waals surface area contributed by atoms with Gasteiger partial charge in [-0.1, -0.05) is 0 Å². The van der Waals surface area contributed by atoms with Gasteiger partial charge < -0.3 is 4.74 Å². The van der Waals surface area contributed by atoms with Crippen molar-refractivity contribution < 1.29 is 9.53 Å². The lowest BCUT2D eigenvalue weighted by Crippen LogP contribution is -2.50. The van der Waals surface area contributed by atoms with Gasteiger partial charge in [0.25, 0.3) is 0 Å². The maximum Gasteiger partial charge on any atom is 0.331 e. The van der Waals surface area contributed by atoms with Gasteiger partial charge in [0.05, 0.1) is 6.61 Å². The molecule has 82 valence electrons. The third-order valence-electron chi connectivity index (χ3n) is 2.76. The molecule has 0 radical (unpaired) electrons. The maximum atomic E-state index is 11.9. The van der Waals surface area contributed by atoms with Crippen molar-refractivity contribution in [2.24, 2.45) is 0 Å². The Morgan fingerprint density at radius 2 is 2.53 bits per heavy atom. The van der Waals surface area contributed by atoms with Crippen LogP contribution in [0.4, 0.5) is 0 Å². The van der Waals surface area contributed by atoms with Crippen LogP contribution in [0.25, 0.3) is 0 Å². The molecule has 0 aliphatic carbocycles. The molecular formula is C11H15NO2S. The number of esters is 1. The second kappa shape index (κ2) is 3.94. The standard InChI is InChI=1S/C11H15NO2S/c1-3-14-10(13)11(2)9-8(4-6-12-11)5-7-15-9/h5,7,12H,3-4,6H2,1-2H3/t11-/m1/s1. The second-order valence-electron chi connectivity index (χ2n) is 3.80. The summed E-state index contributed by atoms with van der Waals surface area (Å²) < 4.78 is 5.12. The van der Waals surface area contributed by atoms with E-state index in [4.69, 9.17) is 4.74 Å². The number of carbonyl (C=O) groups is 1. The second-order valence-corrected chi connectivity index (χ2v) is 4.71. The number of hydrogen-bond acceptors (Lipinski definition) is 4. The monoisotopic (exact) mass is 225 g/mol.